The Morgan fingerprint density at radius 3 is 2.08 bits per heavy atom. The van der Waals surface area contributed by atoms with Crippen molar-refractivity contribution < 1.29 is 29.4 Å². The summed E-state index contributed by atoms with van der Waals surface area (Å²) < 4.78 is 0. The summed E-state index contributed by atoms with van der Waals surface area (Å²) >= 11 is 4.02. The number of nitrogens with one attached hydrogen (secondary N) is 3. The number of thiol groups is 1. The Labute approximate surface area is 217 Å². The van der Waals surface area contributed by atoms with E-state index in [1.807, 2.05) is 6.92 Å². The third-order valence-electron chi connectivity index (χ3n) is 5.90. The highest BCUT2D eigenvalue weighted by molar-refractivity contribution is 7.80. The fraction of sp³-hybridized carbons (Fsp3) is 0.583. The molecule has 0 saturated carbocycles. The van der Waals surface area contributed by atoms with Crippen LogP contribution < -0.4 is 27.4 Å². The van der Waals surface area contributed by atoms with Crippen molar-refractivity contribution in [3.8, 4) is 5.75 Å². The predicted molar refractivity (Wildman–Crippen MR) is 139 cm³/mol. The lowest BCUT2D eigenvalue weighted by Crippen LogP contribution is -2.58. The largest absolute Gasteiger partial charge is 0.508 e. The third-order valence-corrected chi connectivity index (χ3v) is 6.29. The molecule has 9 N–H and O–H groups in total. The minimum absolute atomic E-state index is 0.0480. The van der Waals surface area contributed by atoms with Crippen molar-refractivity contribution in [2.45, 2.75) is 70.1 Å². The normalized spacial score (nSPS) is 15.1. The maximum atomic E-state index is 13.3. The number of aromatic hydroxyl groups is 1. The van der Waals surface area contributed by atoms with E-state index in [0.717, 1.165) is 0 Å². The number of rotatable bonds is 16. The molecule has 0 spiro atoms. The van der Waals surface area contributed by atoms with Crippen LogP contribution in [0.4, 0.5) is 0 Å². The van der Waals surface area contributed by atoms with E-state index in [0.29, 0.717) is 31.4 Å². The standard InChI is InChI=1S/C24H39N5O6S/c1-3-14(2)20(24(34)35)29-22(32)18(6-4-5-11-25)27-23(33)19(28-21(31)17(26)13-36)12-15-7-9-16(30)10-8-15/h7-10,14,17-20,30,36H,3-6,11-13,25-26H2,1-2H3,(H,27,33)(H,28,31)(H,29,32)(H,34,35). The number of carboxylic acid groups (broad SMARTS) is 1. The molecule has 0 aliphatic heterocycles. The van der Waals surface area contributed by atoms with Gasteiger partial charge in [0.15, 0.2) is 0 Å². The van der Waals surface area contributed by atoms with Crippen molar-refractivity contribution in [2.24, 2.45) is 17.4 Å². The van der Waals surface area contributed by atoms with Gasteiger partial charge in [-0.15, -0.1) is 0 Å². The molecule has 0 aromatic heterocycles. The second kappa shape index (κ2) is 16.0. The van der Waals surface area contributed by atoms with Crippen molar-refractivity contribution in [3.63, 3.8) is 0 Å². The molecule has 12 heteroatoms. The molecule has 36 heavy (non-hydrogen) atoms. The van der Waals surface area contributed by atoms with Crippen LogP contribution in [0.3, 0.4) is 0 Å². The van der Waals surface area contributed by atoms with Gasteiger partial charge in [0.2, 0.25) is 17.7 Å². The number of hydrogen-bond acceptors (Lipinski definition) is 8. The van der Waals surface area contributed by atoms with Crippen LogP contribution in [0.1, 0.15) is 45.1 Å². The van der Waals surface area contributed by atoms with Crippen LogP contribution in [0.2, 0.25) is 0 Å². The zero-order valence-electron chi connectivity index (χ0n) is 20.8. The Bertz CT molecular complexity index is 869. The first-order chi connectivity index (χ1) is 17.0. The van der Waals surface area contributed by atoms with Crippen LogP contribution in [0.25, 0.3) is 0 Å². The fourth-order valence-corrected chi connectivity index (χ4v) is 3.58. The topological polar surface area (TPSA) is 197 Å². The number of carbonyl (C=O) groups excluding carboxylic acids is 3. The average Bonchev–Trinajstić information content (AvgIpc) is 2.85. The van der Waals surface area contributed by atoms with E-state index < -0.39 is 47.9 Å². The van der Waals surface area contributed by atoms with Crippen molar-refractivity contribution >= 4 is 36.3 Å². The molecular weight excluding hydrogens is 486 g/mol. The molecule has 0 heterocycles. The van der Waals surface area contributed by atoms with Gasteiger partial charge >= 0.3 is 5.97 Å². The van der Waals surface area contributed by atoms with E-state index in [4.69, 9.17) is 11.5 Å². The van der Waals surface area contributed by atoms with E-state index in [-0.39, 0.29) is 30.3 Å². The number of phenolic OH excluding ortho intramolecular Hbond substituents is 1. The summed E-state index contributed by atoms with van der Waals surface area (Å²) in [6.07, 6.45) is 1.97. The predicted octanol–water partition coefficient (Wildman–Crippen LogP) is -0.0941. The first-order valence-electron chi connectivity index (χ1n) is 12.0. The number of nitrogens with two attached hydrogens (primary N) is 2. The Morgan fingerprint density at radius 2 is 1.56 bits per heavy atom. The lowest BCUT2D eigenvalue weighted by atomic mass is 9.98. The number of aliphatic carboxylic acids is 1. The van der Waals surface area contributed by atoms with E-state index >= 15 is 0 Å². The molecule has 0 aliphatic carbocycles. The summed E-state index contributed by atoms with van der Waals surface area (Å²) in [4.78, 5) is 50.4. The zero-order chi connectivity index (χ0) is 27.3. The quantitative estimate of drug-likeness (QED) is 0.108. The van der Waals surface area contributed by atoms with Gasteiger partial charge in [-0.3, -0.25) is 14.4 Å². The van der Waals surface area contributed by atoms with Crippen molar-refractivity contribution in [1.82, 2.24) is 16.0 Å². The summed E-state index contributed by atoms with van der Waals surface area (Å²) in [7, 11) is 0. The third kappa shape index (κ3) is 10.4. The minimum Gasteiger partial charge on any atom is -0.508 e. The van der Waals surface area contributed by atoms with Gasteiger partial charge in [-0.1, -0.05) is 32.4 Å². The van der Waals surface area contributed by atoms with Crippen LogP contribution in [0.15, 0.2) is 24.3 Å². The summed E-state index contributed by atoms with van der Waals surface area (Å²) in [5, 5.41) is 26.9. The summed E-state index contributed by atoms with van der Waals surface area (Å²) in [6, 6.07) is 1.95. The lowest BCUT2D eigenvalue weighted by molar-refractivity contribution is -0.144. The minimum atomic E-state index is -1.16. The maximum Gasteiger partial charge on any atom is 0.326 e. The van der Waals surface area contributed by atoms with Crippen molar-refractivity contribution in [3.05, 3.63) is 29.8 Å². The number of hydrogen-bond donors (Lipinski definition) is 8. The maximum absolute atomic E-state index is 13.3. The van der Waals surface area contributed by atoms with Gasteiger partial charge in [0.1, 0.15) is 23.9 Å². The van der Waals surface area contributed by atoms with Crippen LogP contribution >= 0.6 is 12.6 Å². The Morgan fingerprint density at radius 1 is 0.972 bits per heavy atom. The van der Waals surface area contributed by atoms with Gasteiger partial charge in [0.25, 0.3) is 0 Å². The van der Waals surface area contributed by atoms with E-state index in [1.165, 1.54) is 12.1 Å². The monoisotopic (exact) mass is 525 g/mol. The van der Waals surface area contributed by atoms with Gasteiger partial charge < -0.3 is 37.6 Å². The van der Waals surface area contributed by atoms with Crippen molar-refractivity contribution in [1.29, 1.82) is 0 Å². The first kappa shape index (κ1) is 31.2. The Hall–Kier alpha value is -2.83. The average molecular weight is 526 g/mol. The van der Waals surface area contributed by atoms with Crippen LogP contribution in [-0.2, 0) is 25.6 Å². The SMILES string of the molecule is CCC(C)C(NC(=O)C(CCCCN)NC(=O)C(Cc1ccc(O)cc1)NC(=O)C(N)CS)C(=O)O. The van der Waals surface area contributed by atoms with Gasteiger partial charge in [-0.05, 0) is 49.4 Å². The Kier molecular flexibility index (Phi) is 13.9. The van der Waals surface area contributed by atoms with Gasteiger partial charge in [0.05, 0.1) is 6.04 Å². The highest BCUT2D eigenvalue weighted by atomic mass is 32.1. The first-order valence-corrected chi connectivity index (χ1v) is 12.7. The number of carboxylic acids is 1. The fourth-order valence-electron chi connectivity index (χ4n) is 3.41. The number of unbranched alkanes of at least 4 members (excludes halogenated alkanes) is 1. The van der Waals surface area contributed by atoms with Crippen LogP contribution in [0, 0.1) is 5.92 Å². The molecule has 0 fully saturated rings. The molecule has 202 valence electrons. The number of carbonyl (C=O) groups is 4. The lowest BCUT2D eigenvalue weighted by Gasteiger charge is -2.26. The second-order valence-electron chi connectivity index (χ2n) is 8.78. The Balaban J connectivity index is 3.12. The molecule has 5 unspecified atom stereocenters. The summed E-state index contributed by atoms with van der Waals surface area (Å²) in [5.74, 6) is -3.22. The molecule has 1 rings (SSSR count). The van der Waals surface area contributed by atoms with E-state index in [1.54, 1.807) is 19.1 Å². The van der Waals surface area contributed by atoms with Gasteiger partial charge in [-0.2, -0.15) is 12.6 Å². The molecule has 0 radical (unpaired) electrons. The molecule has 0 bridgehead atoms. The van der Waals surface area contributed by atoms with Gasteiger partial charge in [0, 0.05) is 12.2 Å². The van der Waals surface area contributed by atoms with Crippen molar-refractivity contribution in [2.75, 3.05) is 12.3 Å². The molecular formula is C24H39N5O6S. The van der Waals surface area contributed by atoms with Crippen LogP contribution in [0.5, 0.6) is 5.75 Å². The highest BCUT2D eigenvalue weighted by Crippen LogP contribution is 2.13. The molecule has 0 aliphatic rings. The number of amides is 3. The summed E-state index contributed by atoms with van der Waals surface area (Å²) in [5.41, 5.74) is 12.0. The highest BCUT2D eigenvalue weighted by Gasteiger charge is 2.31. The zero-order valence-corrected chi connectivity index (χ0v) is 21.7. The second-order valence-corrected chi connectivity index (χ2v) is 9.14. The molecule has 5 atom stereocenters. The molecule has 1 aromatic rings. The molecule has 0 saturated heterocycles. The van der Waals surface area contributed by atoms with E-state index in [2.05, 4.69) is 28.6 Å². The molecule has 11 nitrogen and oxygen atoms in total. The smallest absolute Gasteiger partial charge is 0.326 e. The molecule has 1 aromatic carbocycles. The van der Waals surface area contributed by atoms with Gasteiger partial charge in [-0.25, -0.2) is 4.79 Å². The molecule has 3 amide bonds. The van der Waals surface area contributed by atoms with E-state index in [9.17, 15) is 29.4 Å². The van der Waals surface area contributed by atoms with Crippen LogP contribution in [-0.4, -0.2) is 70.4 Å². The number of phenols is 1. The summed E-state index contributed by atoms with van der Waals surface area (Å²) in [6.45, 7) is 3.93. The number of benzene rings is 1.